The summed E-state index contributed by atoms with van der Waals surface area (Å²) < 4.78 is 41.5. The molecule has 0 unspecified atom stereocenters. The zero-order chi connectivity index (χ0) is 19.4. The Balaban J connectivity index is 1.70. The first-order valence-corrected chi connectivity index (χ1v) is 8.47. The molecule has 6 nitrogen and oxygen atoms in total. The summed E-state index contributed by atoms with van der Waals surface area (Å²) in [5.74, 6) is -0.866. The minimum atomic E-state index is -4.79. The van der Waals surface area contributed by atoms with Crippen molar-refractivity contribution in [2.24, 2.45) is 0 Å². The van der Waals surface area contributed by atoms with Gasteiger partial charge in [-0.1, -0.05) is 12.1 Å². The Hall–Kier alpha value is -3.14. The van der Waals surface area contributed by atoms with Crippen molar-refractivity contribution < 1.29 is 27.4 Å². The molecule has 0 aliphatic heterocycles. The number of aromatic nitrogens is 2. The number of halogens is 3. The molecule has 0 bridgehead atoms. The lowest BCUT2D eigenvalue weighted by Gasteiger charge is -2.09. The Morgan fingerprint density at radius 1 is 1.26 bits per heavy atom. The maximum atomic E-state index is 12.3. The molecular weight excluding hydrogens is 383 g/mol. The summed E-state index contributed by atoms with van der Waals surface area (Å²) in [6.07, 6.45) is -3.47. The van der Waals surface area contributed by atoms with Gasteiger partial charge in [0.2, 0.25) is 5.69 Å². The Morgan fingerprint density at radius 3 is 2.81 bits per heavy atom. The summed E-state index contributed by atoms with van der Waals surface area (Å²) in [7, 11) is 0. The van der Waals surface area contributed by atoms with Crippen LogP contribution in [0.1, 0.15) is 16.2 Å². The van der Waals surface area contributed by atoms with Crippen LogP contribution in [0.4, 0.5) is 13.2 Å². The average Bonchev–Trinajstić information content (AvgIpc) is 3.10. The molecule has 1 amide bonds. The van der Waals surface area contributed by atoms with Crippen molar-refractivity contribution >= 4 is 17.2 Å². The van der Waals surface area contributed by atoms with Gasteiger partial charge in [-0.2, -0.15) is 4.73 Å². The van der Waals surface area contributed by atoms with Crippen molar-refractivity contribution in [3.8, 4) is 16.3 Å². The van der Waals surface area contributed by atoms with Crippen LogP contribution in [-0.2, 0) is 6.54 Å². The van der Waals surface area contributed by atoms with Crippen molar-refractivity contribution in [2.75, 3.05) is 0 Å². The standard InChI is InChI=1S/C17H12F3N3O3S/c18-17(19,20)26-13-6-3-4-11(8-13)16-22-14(10-27-16)15(24)21-9-12-5-1-2-7-23(12)25/h1-8,10H,9H2,(H,21,24). The van der Waals surface area contributed by atoms with E-state index in [9.17, 15) is 23.2 Å². The highest BCUT2D eigenvalue weighted by molar-refractivity contribution is 7.13. The highest BCUT2D eigenvalue weighted by Crippen LogP contribution is 2.29. The van der Waals surface area contributed by atoms with Crippen molar-refractivity contribution in [1.82, 2.24) is 10.3 Å². The van der Waals surface area contributed by atoms with Crippen molar-refractivity contribution in [3.63, 3.8) is 0 Å². The molecule has 140 valence electrons. The molecule has 2 aromatic heterocycles. The summed E-state index contributed by atoms with van der Waals surface area (Å²) in [5, 5.41) is 16.0. The zero-order valence-corrected chi connectivity index (χ0v) is 14.4. The SMILES string of the molecule is O=C(NCc1cccc[n+]1[O-])c1csc(-c2cccc(OC(F)(F)F)c2)n1. The quantitative estimate of drug-likeness (QED) is 0.531. The van der Waals surface area contributed by atoms with E-state index in [-0.39, 0.29) is 18.0 Å². The number of pyridine rings is 1. The molecule has 3 rings (SSSR count). The van der Waals surface area contributed by atoms with Crippen LogP contribution in [0.3, 0.4) is 0 Å². The number of hydrogen-bond donors (Lipinski definition) is 1. The predicted octanol–water partition coefficient (Wildman–Crippen LogP) is 3.27. The van der Waals surface area contributed by atoms with Gasteiger partial charge in [0.25, 0.3) is 5.91 Å². The van der Waals surface area contributed by atoms with Gasteiger partial charge >= 0.3 is 6.36 Å². The first-order chi connectivity index (χ1) is 12.8. The molecule has 0 atom stereocenters. The summed E-state index contributed by atoms with van der Waals surface area (Å²) >= 11 is 1.11. The fourth-order valence-electron chi connectivity index (χ4n) is 2.20. The van der Waals surface area contributed by atoms with E-state index >= 15 is 0 Å². The molecule has 2 heterocycles. The van der Waals surface area contributed by atoms with Crippen molar-refractivity contribution in [1.29, 1.82) is 0 Å². The molecule has 0 saturated carbocycles. The molecule has 3 aromatic rings. The van der Waals surface area contributed by atoms with E-state index in [0.717, 1.165) is 11.3 Å². The first kappa shape index (κ1) is 18.6. The van der Waals surface area contributed by atoms with E-state index < -0.39 is 12.3 Å². The van der Waals surface area contributed by atoms with E-state index in [1.807, 2.05) is 0 Å². The van der Waals surface area contributed by atoms with Crippen molar-refractivity contribution in [3.05, 3.63) is 70.6 Å². The Kier molecular flexibility index (Phi) is 5.26. The van der Waals surface area contributed by atoms with Crippen molar-refractivity contribution in [2.45, 2.75) is 12.9 Å². The lowest BCUT2D eigenvalue weighted by Crippen LogP contribution is -2.35. The highest BCUT2D eigenvalue weighted by Gasteiger charge is 2.31. The molecule has 27 heavy (non-hydrogen) atoms. The number of alkyl halides is 3. The topological polar surface area (TPSA) is 78.2 Å². The Bertz CT molecular complexity index is 960. The lowest BCUT2D eigenvalue weighted by atomic mass is 10.2. The number of ether oxygens (including phenoxy) is 1. The fourth-order valence-corrected chi connectivity index (χ4v) is 3.00. The number of amides is 1. The third-order valence-corrected chi connectivity index (χ3v) is 4.28. The van der Waals surface area contributed by atoms with Crippen LogP contribution in [0.15, 0.2) is 54.0 Å². The summed E-state index contributed by atoms with van der Waals surface area (Å²) in [5.41, 5.74) is 0.852. The normalized spacial score (nSPS) is 11.2. The van der Waals surface area contributed by atoms with Gasteiger partial charge in [0.15, 0.2) is 6.20 Å². The third-order valence-electron chi connectivity index (χ3n) is 3.39. The van der Waals surface area contributed by atoms with Gasteiger partial charge < -0.3 is 15.3 Å². The zero-order valence-electron chi connectivity index (χ0n) is 13.6. The molecule has 1 N–H and O–H groups in total. The molecule has 0 fully saturated rings. The van der Waals surface area contributed by atoms with Gasteiger partial charge in [-0.25, -0.2) is 4.98 Å². The average molecular weight is 395 g/mol. The Labute approximate surface area is 155 Å². The molecule has 0 aliphatic carbocycles. The monoisotopic (exact) mass is 395 g/mol. The molecule has 0 saturated heterocycles. The third kappa shape index (κ3) is 4.94. The molecule has 0 radical (unpaired) electrons. The number of nitrogens with one attached hydrogen (secondary N) is 1. The second kappa shape index (κ2) is 7.62. The number of rotatable bonds is 5. The second-order valence-electron chi connectivity index (χ2n) is 5.31. The van der Waals surface area contributed by atoms with Gasteiger partial charge in [-0.05, 0) is 18.2 Å². The number of thiazole rings is 1. The van der Waals surface area contributed by atoms with Crippen LogP contribution in [0.25, 0.3) is 10.6 Å². The number of hydrogen-bond acceptors (Lipinski definition) is 5. The van der Waals surface area contributed by atoms with Gasteiger partial charge in [0.05, 0.1) is 0 Å². The van der Waals surface area contributed by atoms with Crippen LogP contribution in [0.5, 0.6) is 5.75 Å². The summed E-state index contributed by atoms with van der Waals surface area (Å²) in [6, 6.07) is 10.2. The van der Waals surface area contributed by atoms with E-state index in [2.05, 4.69) is 15.0 Å². The molecule has 0 spiro atoms. The largest absolute Gasteiger partial charge is 0.618 e. The maximum Gasteiger partial charge on any atom is 0.573 e. The van der Waals surface area contributed by atoms with Crippen LogP contribution < -0.4 is 14.8 Å². The molecular formula is C17H12F3N3O3S. The molecule has 0 aliphatic rings. The van der Waals surface area contributed by atoms with E-state index in [4.69, 9.17) is 0 Å². The van der Waals surface area contributed by atoms with Gasteiger partial charge in [-0.3, -0.25) is 4.79 Å². The van der Waals surface area contributed by atoms with Crippen LogP contribution in [-0.4, -0.2) is 17.3 Å². The van der Waals surface area contributed by atoms with Crippen LogP contribution in [0.2, 0.25) is 0 Å². The second-order valence-corrected chi connectivity index (χ2v) is 6.17. The number of carbonyl (C=O) groups is 1. The fraction of sp³-hybridized carbons (Fsp3) is 0.118. The van der Waals surface area contributed by atoms with Crippen LogP contribution in [0, 0.1) is 5.21 Å². The summed E-state index contributed by atoms with van der Waals surface area (Å²) in [6.45, 7) is 0.0188. The van der Waals surface area contributed by atoms with Gasteiger partial charge in [-0.15, -0.1) is 24.5 Å². The smallest absolute Gasteiger partial charge is 0.573 e. The first-order valence-electron chi connectivity index (χ1n) is 7.59. The Morgan fingerprint density at radius 2 is 2.07 bits per heavy atom. The predicted molar refractivity (Wildman–Crippen MR) is 90.8 cm³/mol. The minimum absolute atomic E-state index is 0.0188. The maximum absolute atomic E-state index is 12.3. The summed E-state index contributed by atoms with van der Waals surface area (Å²) in [4.78, 5) is 16.3. The molecule has 10 heteroatoms. The highest BCUT2D eigenvalue weighted by atomic mass is 32.1. The minimum Gasteiger partial charge on any atom is -0.618 e. The van der Waals surface area contributed by atoms with Crippen LogP contribution >= 0.6 is 11.3 Å². The van der Waals surface area contributed by atoms with E-state index in [0.29, 0.717) is 21.0 Å². The van der Waals surface area contributed by atoms with Gasteiger partial charge in [0.1, 0.15) is 23.0 Å². The van der Waals surface area contributed by atoms with Gasteiger partial charge in [0, 0.05) is 23.1 Å². The molecule has 1 aromatic carbocycles. The number of carbonyl (C=O) groups excluding carboxylic acids is 1. The lowest BCUT2D eigenvalue weighted by molar-refractivity contribution is -0.614. The number of nitrogens with zero attached hydrogens (tertiary/aromatic N) is 2. The van der Waals surface area contributed by atoms with E-state index in [1.165, 1.54) is 29.8 Å². The number of benzene rings is 1. The van der Waals surface area contributed by atoms with E-state index in [1.54, 1.807) is 24.3 Å².